The molecule has 7 heteroatoms. The number of carbonyl (C=O) groups excluding carboxylic acids is 1. The maximum absolute atomic E-state index is 12.4. The maximum atomic E-state index is 12.4. The van der Waals surface area contributed by atoms with E-state index in [4.69, 9.17) is 0 Å². The molecule has 0 saturated carbocycles. The molecule has 0 spiro atoms. The van der Waals surface area contributed by atoms with Crippen molar-refractivity contribution in [3.05, 3.63) is 27.9 Å². The Hall–Kier alpha value is -2.18. The molecule has 1 amide bonds. The third-order valence-electron chi connectivity index (χ3n) is 3.31. The minimum atomic E-state index is -0.556. The first-order valence-electron chi connectivity index (χ1n) is 6.81. The number of nitrogens with one attached hydrogen (secondary N) is 1. The zero-order valence-electron chi connectivity index (χ0n) is 11.5. The number of hydrogen-bond acceptors (Lipinski definition) is 5. The van der Waals surface area contributed by atoms with Gasteiger partial charge in [-0.25, -0.2) is 4.98 Å². The second-order valence-electron chi connectivity index (χ2n) is 4.73. The zero-order chi connectivity index (χ0) is 14.5. The van der Waals surface area contributed by atoms with Crippen molar-refractivity contribution in [3.63, 3.8) is 0 Å². The van der Waals surface area contributed by atoms with Crippen LogP contribution in [-0.2, 0) is 0 Å². The van der Waals surface area contributed by atoms with Crippen LogP contribution < -0.4 is 5.32 Å². The number of aromatic nitrogens is 1. The summed E-state index contributed by atoms with van der Waals surface area (Å²) in [6.07, 6.45) is 4.15. The maximum Gasteiger partial charge on any atom is 0.300 e. The van der Waals surface area contributed by atoms with Crippen molar-refractivity contribution in [1.82, 2.24) is 9.88 Å². The van der Waals surface area contributed by atoms with Gasteiger partial charge < -0.3 is 10.2 Å². The number of pyridine rings is 1. The molecule has 0 aromatic carbocycles. The first kappa shape index (κ1) is 14.2. The van der Waals surface area contributed by atoms with E-state index in [-0.39, 0.29) is 17.2 Å². The highest BCUT2D eigenvalue weighted by Crippen LogP contribution is 2.23. The van der Waals surface area contributed by atoms with Crippen LogP contribution in [0.3, 0.4) is 0 Å². The van der Waals surface area contributed by atoms with Gasteiger partial charge in [0.2, 0.25) is 0 Å². The van der Waals surface area contributed by atoms with Gasteiger partial charge in [0.25, 0.3) is 11.6 Å². The van der Waals surface area contributed by atoms with Crippen LogP contribution in [0.5, 0.6) is 0 Å². The number of likely N-dealkylation sites (tertiary alicyclic amines) is 1. The molecule has 1 aromatic rings. The molecule has 1 N–H and O–H groups in total. The average Bonchev–Trinajstić information content (AvgIpc) is 2.47. The number of piperidine rings is 1. The van der Waals surface area contributed by atoms with Gasteiger partial charge in [0.15, 0.2) is 0 Å². The normalized spacial score (nSPS) is 14.9. The van der Waals surface area contributed by atoms with E-state index >= 15 is 0 Å². The zero-order valence-corrected chi connectivity index (χ0v) is 11.5. The quantitative estimate of drug-likeness (QED) is 0.672. The van der Waals surface area contributed by atoms with E-state index in [1.165, 1.54) is 6.07 Å². The van der Waals surface area contributed by atoms with Crippen molar-refractivity contribution in [1.29, 1.82) is 0 Å². The fourth-order valence-electron chi connectivity index (χ4n) is 2.31. The van der Waals surface area contributed by atoms with Crippen molar-refractivity contribution in [2.45, 2.75) is 26.2 Å². The molecule has 108 valence electrons. The molecule has 2 rings (SSSR count). The van der Waals surface area contributed by atoms with Crippen LogP contribution in [-0.4, -0.2) is 40.3 Å². The van der Waals surface area contributed by atoms with Crippen molar-refractivity contribution in [2.24, 2.45) is 0 Å². The topological polar surface area (TPSA) is 88.4 Å². The Kier molecular flexibility index (Phi) is 4.49. The summed E-state index contributed by atoms with van der Waals surface area (Å²) in [5, 5.41) is 14.0. The Morgan fingerprint density at radius 2 is 2.15 bits per heavy atom. The van der Waals surface area contributed by atoms with Crippen LogP contribution in [0, 0.1) is 10.1 Å². The van der Waals surface area contributed by atoms with Crippen LogP contribution >= 0.6 is 0 Å². The Labute approximate surface area is 117 Å². The Morgan fingerprint density at radius 3 is 2.75 bits per heavy atom. The van der Waals surface area contributed by atoms with Gasteiger partial charge in [-0.3, -0.25) is 14.9 Å². The van der Waals surface area contributed by atoms with Gasteiger partial charge in [-0.15, -0.1) is 0 Å². The molecule has 1 aromatic heterocycles. The standard InChI is InChI=1S/C13H18N4O3/c1-2-14-12-8-10(11(9-15-12)17(19)20)13(18)16-6-4-3-5-7-16/h8-9H,2-7H2,1H3,(H,14,15). The van der Waals surface area contributed by atoms with Crippen LogP contribution in [0.1, 0.15) is 36.5 Å². The van der Waals surface area contributed by atoms with E-state index in [0.29, 0.717) is 25.5 Å². The van der Waals surface area contributed by atoms with Crippen molar-refractivity contribution < 1.29 is 9.72 Å². The summed E-state index contributed by atoms with van der Waals surface area (Å²) in [5.41, 5.74) is -0.120. The molecular weight excluding hydrogens is 260 g/mol. The molecule has 1 aliphatic rings. The predicted octanol–water partition coefficient (Wildman–Crippen LogP) is 2.05. The first-order valence-corrected chi connectivity index (χ1v) is 6.81. The lowest BCUT2D eigenvalue weighted by molar-refractivity contribution is -0.385. The van der Waals surface area contributed by atoms with Gasteiger partial charge >= 0.3 is 0 Å². The number of nitrogens with zero attached hydrogens (tertiary/aromatic N) is 3. The third kappa shape index (κ3) is 3.04. The minimum absolute atomic E-state index is 0.114. The molecule has 0 atom stereocenters. The van der Waals surface area contributed by atoms with E-state index in [2.05, 4.69) is 10.3 Å². The van der Waals surface area contributed by atoms with Crippen molar-refractivity contribution >= 4 is 17.4 Å². The Balaban J connectivity index is 2.32. The molecular formula is C13H18N4O3. The lowest BCUT2D eigenvalue weighted by atomic mass is 10.1. The average molecular weight is 278 g/mol. The van der Waals surface area contributed by atoms with Gasteiger partial charge in [-0.1, -0.05) is 0 Å². The summed E-state index contributed by atoms with van der Waals surface area (Å²) in [6.45, 7) is 3.86. The largest absolute Gasteiger partial charge is 0.370 e. The van der Waals surface area contributed by atoms with Gasteiger partial charge in [0, 0.05) is 25.7 Å². The lowest BCUT2D eigenvalue weighted by Gasteiger charge is -2.26. The summed E-state index contributed by atoms with van der Waals surface area (Å²) >= 11 is 0. The van der Waals surface area contributed by atoms with E-state index in [0.717, 1.165) is 25.5 Å². The molecule has 0 unspecified atom stereocenters. The van der Waals surface area contributed by atoms with E-state index in [1.807, 2.05) is 6.92 Å². The molecule has 0 radical (unpaired) electrons. The highest BCUT2D eigenvalue weighted by atomic mass is 16.6. The monoisotopic (exact) mass is 278 g/mol. The minimum Gasteiger partial charge on any atom is -0.370 e. The molecule has 20 heavy (non-hydrogen) atoms. The van der Waals surface area contributed by atoms with E-state index < -0.39 is 4.92 Å². The van der Waals surface area contributed by atoms with Crippen LogP contribution in [0.4, 0.5) is 11.5 Å². The summed E-state index contributed by atoms with van der Waals surface area (Å²) in [6, 6.07) is 1.47. The second-order valence-corrected chi connectivity index (χ2v) is 4.73. The first-order chi connectivity index (χ1) is 9.63. The summed E-state index contributed by atoms with van der Waals surface area (Å²) < 4.78 is 0. The molecule has 1 saturated heterocycles. The molecule has 1 aliphatic heterocycles. The van der Waals surface area contributed by atoms with Gasteiger partial charge in [-0.2, -0.15) is 0 Å². The van der Waals surface area contributed by atoms with Crippen molar-refractivity contribution in [3.8, 4) is 0 Å². The predicted molar refractivity (Wildman–Crippen MR) is 74.8 cm³/mol. The molecule has 7 nitrogen and oxygen atoms in total. The SMILES string of the molecule is CCNc1cc(C(=O)N2CCCCC2)c([N+](=O)[O-])cn1. The fourth-order valence-corrected chi connectivity index (χ4v) is 2.31. The number of rotatable bonds is 4. The fraction of sp³-hybridized carbons (Fsp3) is 0.538. The van der Waals surface area contributed by atoms with E-state index in [9.17, 15) is 14.9 Å². The van der Waals surface area contributed by atoms with Crippen LogP contribution in [0.25, 0.3) is 0 Å². The highest BCUT2D eigenvalue weighted by molar-refractivity contribution is 5.98. The summed E-state index contributed by atoms with van der Waals surface area (Å²) in [5.74, 6) is 0.205. The number of nitro groups is 1. The highest BCUT2D eigenvalue weighted by Gasteiger charge is 2.26. The van der Waals surface area contributed by atoms with E-state index in [1.54, 1.807) is 4.90 Å². The lowest BCUT2D eigenvalue weighted by Crippen LogP contribution is -2.36. The summed E-state index contributed by atoms with van der Waals surface area (Å²) in [4.78, 5) is 28.6. The van der Waals surface area contributed by atoms with Gasteiger partial charge in [0.05, 0.1) is 4.92 Å². The van der Waals surface area contributed by atoms with Crippen LogP contribution in [0.2, 0.25) is 0 Å². The van der Waals surface area contributed by atoms with Gasteiger partial charge in [0.1, 0.15) is 17.6 Å². The Morgan fingerprint density at radius 1 is 1.45 bits per heavy atom. The Bertz CT molecular complexity index is 512. The number of anilines is 1. The second kappa shape index (κ2) is 6.31. The molecule has 2 heterocycles. The number of hydrogen-bond donors (Lipinski definition) is 1. The summed E-state index contributed by atoms with van der Waals surface area (Å²) in [7, 11) is 0. The third-order valence-corrected chi connectivity index (χ3v) is 3.31. The van der Waals surface area contributed by atoms with Crippen LogP contribution in [0.15, 0.2) is 12.3 Å². The molecule has 0 aliphatic carbocycles. The molecule has 0 bridgehead atoms. The molecule has 1 fully saturated rings. The smallest absolute Gasteiger partial charge is 0.300 e. The number of amides is 1. The van der Waals surface area contributed by atoms with Crippen molar-refractivity contribution in [2.75, 3.05) is 25.0 Å². The number of carbonyl (C=O) groups is 1. The van der Waals surface area contributed by atoms with Gasteiger partial charge in [-0.05, 0) is 26.2 Å².